The summed E-state index contributed by atoms with van der Waals surface area (Å²) in [6.07, 6.45) is 6.66. The quantitative estimate of drug-likeness (QED) is 0.281. The van der Waals surface area contributed by atoms with Crippen molar-refractivity contribution in [2.24, 2.45) is 5.92 Å². The number of carbonyl (C=O) groups excluding carboxylic acids is 1. The van der Waals surface area contributed by atoms with E-state index in [0.29, 0.717) is 24.2 Å². The Morgan fingerprint density at radius 3 is 2.44 bits per heavy atom. The van der Waals surface area contributed by atoms with Crippen LogP contribution in [0.15, 0.2) is 24.3 Å². The van der Waals surface area contributed by atoms with Gasteiger partial charge in [-0.15, -0.1) is 0 Å². The van der Waals surface area contributed by atoms with Gasteiger partial charge in [-0.3, -0.25) is 9.59 Å². The lowest BCUT2D eigenvalue weighted by Crippen LogP contribution is -2.26. The standard InChI is InChI=1S/C25H38O6S/c1-2-3-5-8-19(27)16-32-24-21(22(28)15-23(24)29)10-7-4-6-9-20(25(30)31)17-11-13-18(26)14-12-17/h11-14,19-21,23-24,26-27,29H,2-10,15-16H2,1H3,(H,30,31)/t19?,20?,21-,23?,24+/m0/s1. The molecule has 1 aromatic carbocycles. The molecule has 0 saturated heterocycles. The third-order valence-corrected chi connectivity index (χ3v) is 7.93. The van der Waals surface area contributed by atoms with E-state index < -0.39 is 24.1 Å². The number of aromatic hydroxyl groups is 1. The van der Waals surface area contributed by atoms with E-state index in [1.54, 1.807) is 12.1 Å². The van der Waals surface area contributed by atoms with Gasteiger partial charge in [0.05, 0.1) is 18.1 Å². The van der Waals surface area contributed by atoms with Crippen LogP contribution in [0.3, 0.4) is 0 Å². The van der Waals surface area contributed by atoms with Crippen LogP contribution in [-0.2, 0) is 9.59 Å². The Hall–Kier alpha value is -1.57. The maximum atomic E-state index is 12.4. The molecule has 0 amide bonds. The van der Waals surface area contributed by atoms with E-state index in [9.17, 15) is 30.0 Å². The Balaban J connectivity index is 1.76. The summed E-state index contributed by atoms with van der Waals surface area (Å²) in [5, 5.41) is 39.3. The molecule has 4 N–H and O–H groups in total. The highest BCUT2D eigenvalue weighted by molar-refractivity contribution is 8.00. The van der Waals surface area contributed by atoms with Gasteiger partial charge in [-0.2, -0.15) is 11.8 Å². The molecule has 1 saturated carbocycles. The number of carboxylic acid groups (broad SMARTS) is 1. The molecule has 0 heterocycles. The van der Waals surface area contributed by atoms with Crippen molar-refractivity contribution >= 4 is 23.5 Å². The molecular formula is C25H38O6S. The molecule has 7 heteroatoms. The maximum absolute atomic E-state index is 12.4. The molecule has 1 aromatic rings. The molecule has 5 atom stereocenters. The minimum atomic E-state index is -0.876. The summed E-state index contributed by atoms with van der Waals surface area (Å²) >= 11 is 1.52. The highest BCUT2D eigenvalue weighted by Gasteiger charge is 2.41. The normalized spacial score (nSPS) is 22.7. The second kappa shape index (κ2) is 13.9. The molecule has 0 aliphatic heterocycles. The average molecular weight is 467 g/mol. The lowest BCUT2D eigenvalue weighted by Gasteiger charge is -2.22. The zero-order chi connectivity index (χ0) is 23.5. The first kappa shape index (κ1) is 26.7. The lowest BCUT2D eigenvalue weighted by atomic mass is 9.92. The van der Waals surface area contributed by atoms with Gasteiger partial charge in [0.15, 0.2) is 0 Å². The molecule has 180 valence electrons. The zero-order valence-electron chi connectivity index (χ0n) is 19.0. The summed E-state index contributed by atoms with van der Waals surface area (Å²) in [5.41, 5.74) is 0.679. The Kier molecular flexibility index (Phi) is 11.6. The lowest BCUT2D eigenvalue weighted by molar-refractivity contribution is -0.139. The summed E-state index contributed by atoms with van der Waals surface area (Å²) in [5.74, 6) is -0.917. The number of phenols is 1. The van der Waals surface area contributed by atoms with Crippen molar-refractivity contribution in [3.63, 3.8) is 0 Å². The second-order valence-corrected chi connectivity index (χ2v) is 10.1. The number of benzene rings is 1. The predicted octanol–water partition coefficient (Wildman–Crippen LogP) is 4.50. The van der Waals surface area contributed by atoms with Crippen LogP contribution in [0, 0.1) is 5.92 Å². The van der Waals surface area contributed by atoms with Gasteiger partial charge < -0.3 is 20.4 Å². The maximum Gasteiger partial charge on any atom is 0.310 e. The molecule has 0 aromatic heterocycles. The fourth-order valence-electron chi connectivity index (χ4n) is 4.44. The first-order valence-electron chi connectivity index (χ1n) is 11.9. The first-order valence-corrected chi connectivity index (χ1v) is 12.9. The van der Waals surface area contributed by atoms with E-state index in [0.717, 1.165) is 44.9 Å². The third-order valence-electron chi connectivity index (χ3n) is 6.32. The number of phenolic OH excluding ortho intramolecular Hbond substituents is 1. The van der Waals surface area contributed by atoms with Crippen molar-refractivity contribution in [2.45, 2.75) is 94.5 Å². The van der Waals surface area contributed by atoms with Crippen molar-refractivity contribution in [2.75, 3.05) is 5.75 Å². The molecular weight excluding hydrogens is 428 g/mol. The van der Waals surface area contributed by atoms with E-state index in [2.05, 4.69) is 6.92 Å². The Bertz CT molecular complexity index is 707. The van der Waals surface area contributed by atoms with Crippen LogP contribution in [0.4, 0.5) is 0 Å². The SMILES string of the molecule is CCCCCC(O)CS[C@H]1C(O)CC(=O)[C@@H]1CCCCCC(C(=O)O)c1ccc(O)cc1. The van der Waals surface area contributed by atoms with E-state index in [1.807, 2.05) is 0 Å². The zero-order valence-corrected chi connectivity index (χ0v) is 19.8. The van der Waals surface area contributed by atoms with Gasteiger partial charge in [-0.05, 0) is 37.0 Å². The number of aliphatic carboxylic acids is 1. The van der Waals surface area contributed by atoms with E-state index in [1.165, 1.54) is 23.9 Å². The Morgan fingerprint density at radius 1 is 1.09 bits per heavy atom. The molecule has 32 heavy (non-hydrogen) atoms. The van der Waals surface area contributed by atoms with Gasteiger partial charge in [-0.25, -0.2) is 0 Å². The number of carbonyl (C=O) groups is 2. The van der Waals surface area contributed by atoms with Gasteiger partial charge in [-0.1, -0.05) is 57.6 Å². The van der Waals surface area contributed by atoms with Gasteiger partial charge in [0.2, 0.25) is 0 Å². The number of carboxylic acids is 1. The van der Waals surface area contributed by atoms with Gasteiger partial charge >= 0.3 is 5.97 Å². The smallest absolute Gasteiger partial charge is 0.310 e. The fraction of sp³-hybridized carbons (Fsp3) is 0.680. The van der Waals surface area contributed by atoms with Crippen LogP contribution in [0.2, 0.25) is 0 Å². The molecule has 6 nitrogen and oxygen atoms in total. The largest absolute Gasteiger partial charge is 0.508 e. The molecule has 0 spiro atoms. The number of Topliss-reactive ketones (excluding diaryl/α,β-unsaturated/α-hetero) is 1. The first-order chi connectivity index (χ1) is 15.3. The molecule has 3 unspecified atom stereocenters. The van der Waals surface area contributed by atoms with Crippen LogP contribution in [-0.4, -0.2) is 55.4 Å². The van der Waals surface area contributed by atoms with Crippen molar-refractivity contribution < 1.29 is 30.0 Å². The minimum Gasteiger partial charge on any atom is -0.508 e. The number of rotatable bonds is 15. The topological polar surface area (TPSA) is 115 Å². The van der Waals surface area contributed by atoms with Crippen LogP contribution < -0.4 is 0 Å². The highest BCUT2D eigenvalue weighted by atomic mass is 32.2. The van der Waals surface area contributed by atoms with Gasteiger partial charge in [0.1, 0.15) is 11.5 Å². The van der Waals surface area contributed by atoms with E-state index >= 15 is 0 Å². The van der Waals surface area contributed by atoms with E-state index in [-0.39, 0.29) is 29.1 Å². The summed E-state index contributed by atoms with van der Waals surface area (Å²) in [7, 11) is 0. The summed E-state index contributed by atoms with van der Waals surface area (Å²) in [6.45, 7) is 2.13. The van der Waals surface area contributed by atoms with Crippen molar-refractivity contribution in [3.8, 4) is 5.75 Å². The fourth-order valence-corrected chi connectivity index (χ4v) is 5.89. The third kappa shape index (κ3) is 8.41. The molecule has 1 aliphatic carbocycles. The van der Waals surface area contributed by atoms with Gasteiger partial charge in [0, 0.05) is 23.3 Å². The molecule has 1 aliphatic rings. The Labute approximate surface area is 195 Å². The molecule has 0 bridgehead atoms. The number of ketones is 1. The van der Waals surface area contributed by atoms with Crippen LogP contribution in [0.25, 0.3) is 0 Å². The number of hydrogen-bond acceptors (Lipinski definition) is 6. The number of hydrogen-bond donors (Lipinski definition) is 4. The summed E-state index contributed by atoms with van der Waals surface area (Å²) in [6, 6.07) is 6.29. The molecule has 2 rings (SSSR count). The number of aliphatic hydroxyl groups excluding tert-OH is 2. The number of unbranched alkanes of at least 4 members (excludes halogenated alkanes) is 4. The average Bonchev–Trinajstić information content (AvgIpc) is 3.02. The molecule has 1 fully saturated rings. The van der Waals surface area contributed by atoms with Crippen LogP contribution in [0.1, 0.15) is 82.6 Å². The van der Waals surface area contributed by atoms with Crippen molar-refractivity contribution in [3.05, 3.63) is 29.8 Å². The van der Waals surface area contributed by atoms with Crippen molar-refractivity contribution in [1.82, 2.24) is 0 Å². The van der Waals surface area contributed by atoms with Crippen molar-refractivity contribution in [1.29, 1.82) is 0 Å². The second-order valence-electron chi connectivity index (χ2n) is 8.91. The van der Waals surface area contributed by atoms with Crippen LogP contribution >= 0.6 is 11.8 Å². The Morgan fingerprint density at radius 2 is 1.78 bits per heavy atom. The molecule has 0 radical (unpaired) electrons. The summed E-state index contributed by atoms with van der Waals surface area (Å²) in [4.78, 5) is 24.0. The monoisotopic (exact) mass is 466 g/mol. The van der Waals surface area contributed by atoms with Crippen LogP contribution in [0.5, 0.6) is 5.75 Å². The van der Waals surface area contributed by atoms with E-state index in [4.69, 9.17) is 0 Å². The minimum absolute atomic E-state index is 0.1000. The summed E-state index contributed by atoms with van der Waals surface area (Å²) < 4.78 is 0. The number of aliphatic hydroxyl groups is 2. The predicted molar refractivity (Wildman–Crippen MR) is 127 cm³/mol. The van der Waals surface area contributed by atoms with Gasteiger partial charge in [0.25, 0.3) is 0 Å². The highest BCUT2D eigenvalue weighted by Crippen LogP contribution is 2.37. The number of thioether (sulfide) groups is 1.